The first-order valence-electron chi connectivity index (χ1n) is 10.2. The van der Waals surface area contributed by atoms with Gasteiger partial charge >= 0.3 is 0 Å². The van der Waals surface area contributed by atoms with E-state index < -0.39 is 0 Å². The number of aromatic nitrogens is 1. The summed E-state index contributed by atoms with van der Waals surface area (Å²) >= 11 is 6.61. The normalized spacial score (nSPS) is 13.4. The van der Waals surface area contributed by atoms with Crippen LogP contribution in [0.4, 0.5) is 0 Å². The molecule has 0 bridgehead atoms. The molecule has 0 saturated carbocycles. The number of nitrogens with zero attached hydrogens (tertiary/aromatic N) is 2. The van der Waals surface area contributed by atoms with E-state index in [1.54, 1.807) is 25.1 Å². The summed E-state index contributed by atoms with van der Waals surface area (Å²) in [6, 6.07) is 3.51. The van der Waals surface area contributed by atoms with Gasteiger partial charge < -0.3 is 19.5 Å². The molecule has 1 aromatic carbocycles. The van der Waals surface area contributed by atoms with E-state index in [-0.39, 0.29) is 40.6 Å². The van der Waals surface area contributed by atoms with Gasteiger partial charge in [-0.1, -0.05) is 11.6 Å². The van der Waals surface area contributed by atoms with Crippen molar-refractivity contribution in [2.75, 3.05) is 20.6 Å². The molecule has 166 valence electrons. The number of nitrogens with one attached hydrogen (secondary N) is 1. The lowest BCUT2D eigenvalue weighted by Crippen LogP contribution is -2.40. The second kappa shape index (κ2) is 8.75. The third-order valence-electron chi connectivity index (χ3n) is 5.31. The number of rotatable bonds is 5. The van der Waals surface area contributed by atoms with Gasteiger partial charge in [0, 0.05) is 37.5 Å². The first-order valence-corrected chi connectivity index (χ1v) is 10.6. The van der Waals surface area contributed by atoms with Crippen LogP contribution in [0.25, 0.3) is 0 Å². The van der Waals surface area contributed by atoms with Crippen LogP contribution in [0.1, 0.15) is 56.9 Å². The Morgan fingerprint density at radius 3 is 2.52 bits per heavy atom. The molecule has 1 aliphatic heterocycles. The first kappa shape index (κ1) is 22.9. The molecule has 1 aromatic heterocycles. The number of ether oxygens (including phenoxy) is 1. The quantitative estimate of drug-likeness (QED) is 0.765. The van der Waals surface area contributed by atoms with E-state index in [4.69, 9.17) is 16.3 Å². The maximum Gasteiger partial charge on any atom is 0.256 e. The third-order valence-corrected chi connectivity index (χ3v) is 5.69. The fraction of sp³-hybridized carbons (Fsp3) is 0.435. The topological polar surface area (TPSA) is 82.7 Å². The van der Waals surface area contributed by atoms with Crippen molar-refractivity contribution < 1.29 is 14.3 Å². The summed E-state index contributed by atoms with van der Waals surface area (Å²) in [5.41, 5.74) is 3.24. The SMILES string of the molecule is Cc1cc(C)c(CN2CCc3c(C(=O)N(C)C)cc(OC(C)C)c(Cl)c3C2=O)c(=O)[nH]1. The molecular formula is C23H28ClN3O4. The zero-order chi connectivity index (χ0) is 23.0. The Bertz CT molecular complexity index is 1100. The lowest BCUT2D eigenvalue weighted by atomic mass is 9.92. The molecule has 2 aromatic rings. The van der Waals surface area contributed by atoms with E-state index in [1.165, 1.54) is 4.90 Å². The average molecular weight is 446 g/mol. The summed E-state index contributed by atoms with van der Waals surface area (Å²) in [6.45, 7) is 7.93. The summed E-state index contributed by atoms with van der Waals surface area (Å²) in [6.07, 6.45) is 0.280. The number of carbonyl (C=O) groups is 2. The van der Waals surface area contributed by atoms with Crippen molar-refractivity contribution in [1.82, 2.24) is 14.8 Å². The fourth-order valence-corrected chi connectivity index (χ4v) is 4.15. The van der Waals surface area contributed by atoms with Crippen LogP contribution in [-0.2, 0) is 13.0 Å². The number of fused-ring (bicyclic) bond motifs is 1. The van der Waals surface area contributed by atoms with Crippen molar-refractivity contribution in [3.05, 3.63) is 61.0 Å². The third kappa shape index (κ3) is 4.46. The van der Waals surface area contributed by atoms with Gasteiger partial charge in [0.2, 0.25) is 0 Å². The van der Waals surface area contributed by atoms with Crippen molar-refractivity contribution in [3.63, 3.8) is 0 Å². The Balaban J connectivity index is 2.09. The van der Waals surface area contributed by atoms with Crippen molar-refractivity contribution >= 4 is 23.4 Å². The van der Waals surface area contributed by atoms with Crippen molar-refractivity contribution in [2.24, 2.45) is 0 Å². The summed E-state index contributed by atoms with van der Waals surface area (Å²) in [7, 11) is 3.32. The van der Waals surface area contributed by atoms with Gasteiger partial charge in [-0.3, -0.25) is 14.4 Å². The molecule has 1 N–H and O–H groups in total. The second-order valence-electron chi connectivity index (χ2n) is 8.38. The van der Waals surface area contributed by atoms with Crippen LogP contribution in [0.2, 0.25) is 5.02 Å². The van der Waals surface area contributed by atoms with Gasteiger partial charge in [-0.25, -0.2) is 0 Å². The Hall–Kier alpha value is -2.80. The number of aryl methyl sites for hydroxylation is 2. The molecule has 2 heterocycles. The summed E-state index contributed by atoms with van der Waals surface area (Å²) in [5.74, 6) is -0.221. The van der Waals surface area contributed by atoms with Crippen molar-refractivity contribution in [1.29, 1.82) is 0 Å². The van der Waals surface area contributed by atoms with Gasteiger partial charge in [0.15, 0.2) is 0 Å². The van der Waals surface area contributed by atoms with Crippen LogP contribution >= 0.6 is 11.6 Å². The number of H-pyrrole nitrogens is 1. The molecule has 2 amide bonds. The van der Waals surface area contributed by atoms with Crippen molar-refractivity contribution in [3.8, 4) is 5.75 Å². The number of aromatic amines is 1. The van der Waals surface area contributed by atoms with Gasteiger partial charge in [0.05, 0.1) is 23.2 Å². The first-order chi connectivity index (χ1) is 14.5. The number of amides is 2. The van der Waals surface area contributed by atoms with E-state index in [0.717, 1.165) is 11.3 Å². The number of hydrogen-bond donors (Lipinski definition) is 1. The largest absolute Gasteiger partial charge is 0.489 e. The van der Waals surface area contributed by atoms with Gasteiger partial charge in [0.25, 0.3) is 17.4 Å². The van der Waals surface area contributed by atoms with Gasteiger partial charge in [-0.15, -0.1) is 0 Å². The molecule has 0 aliphatic carbocycles. The minimum Gasteiger partial charge on any atom is -0.489 e. The summed E-state index contributed by atoms with van der Waals surface area (Å²) in [5, 5.41) is 0.197. The number of benzene rings is 1. The highest BCUT2D eigenvalue weighted by Gasteiger charge is 2.33. The van der Waals surface area contributed by atoms with Gasteiger partial charge in [-0.05, 0) is 57.4 Å². The van der Waals surface area contributed by atoms with Crippen LogP contribution in [0.3, 0.4) is 0 Å². The average Bonchev–Trinajstić information content (AvgIpc) is 2.67. The van der Waals surface area contributed by atoms with Gasteiger partial charge in [-0.2, -0.15) is 0 Å². The standard InChI is InChI=1S/C23H28ClN3O4/c1-12(2)31-18-10-16(22(29)26(5)6)15-7-8-27(23(30)19(15)20(18)24)11-17-13(3)9-14(4)25-21(17)28/h9-10,12H,7-8,11H2,1-6H3,(H,25,28). The van der Waals surface area contributed by atoms with E-state index in [9.17, 15) is 14.4 Å². The molecule has 0 radical (unpaired) electrons. The van der Waals surface area contributed by atoms with Crippen molar-refractivity contribution in [2.45, 2.75) is 46.8 Å². The van der Waals surface area contributed by atoms with E-state index in [1.807, 2.05) is 33.8 Å². The van der Waals surface area contributed by atoms with E-state index in [0.29, 0.717) is 35.4 Å². The maximum absolute atomic E-state index is 13.5. The molecule has 31 heavy (non-hydrogen) atoms. The van der Waals surface area contributed by atoms with Crippen LogP contribution in [0.15, 0.2) is 16.9 Å². The summed E-state index contributed by atoms with van der Waals surface area (Å²) in [4.78, 5) is 44.6. The highest BCUT2D eigenvalue weighted by molar-refractivity contribution is 6.36. The van der Waals surface area contributed by atoms with Crippen LogP contribution in [0, 0.1) is 13.8 Å². The smallest absolute Gasteiger partial charge is 0.256 e. The molecule has 1 aliphatic rings. The lowest BCUT2D eigenvalue weighted by molar-refractivity contribution is 0.0724. The Kier molecular flexibility index (Phi) is 6.46. The Morgan fingerprint density at radius 2 is 1.94 bits per heavy atom. The Labute approximate surface area is 187 Å². The minimum atomic E-state index is -0.312. The van der Waals surface area contributed by atoms with E-state index in [2.05, 4.69) is 4.98 Å². The lowest BCUT2D eigenvalue weighted by Gasteiger charge is -2.31. The van der Waals surface area contributed by atoms with Gasteiger partial charge in [0.1, 0.15) is 5.75 Å². The molecule has 8 heteroatoms. The molecule has 0 fully saturated rings. The highest BCUT2D eigenvalue weighted by Crippen LogP contribution is 2.38. The Morgan fingerprint density at radius 1 is 1.26 bits per heavy atom. The predicted octanol–water partition coefficient (Wildman–Crippen LogP) is 3.33. The molecule has 0 unspecified atom stereocenters. The molecule has 0 spiro atoms. The zero-order valence-electron chi connectivity index (χ0n) is 18.8. The molecule has 3 rings (SSSR count). The molecule has 0 saturated heterocycles. The number of halogens is 1. The molecular weight excluding hydrogens is 418 g/mol. The fourth-order valence-electron chi connectivity index (χ4n) is 3.85. The molecule has 0 atom stereocenters. The number of hydrogen-bond acceptors (Lipinski definition) is 4. The second-order valence-corrected chi connectivity index (χ2v) is 8.75. The monoisotopic (exact) mass is 445 g/mol. The van der Waals surface area contributed by atoms with E-state index >= 15 is 0 Å². The minimum absolute atomic E-state index is 0.169. The number of pyridine rings is 1. The predicted molar refractivity (Wildman–Crippen MR) is 120 cm³/mol. The van der Waals surface area contributed by atoms with Crippen LogP contribution < -0.4 is 10.3 Å². The molecule has 7 nitrogen and oxygen atoms in total. The zero-order valence-corrected chi connectivity index (χ0v) is 19.5. The van der Waals surface area contributed by atoms with Crippen LogP contribution in [0.5, 0.6) is 5.75 Å². The maximum atomic E-state index is 13.5. The summed E-state index contributed by atoms with van der Waals surface area (Å²) < 4.78 is 5.81. The highest BCUT2D eigenvalue weighted by atomic mass is 35.5. The number of carbonyl (C=O) groups excluding carboxylic acids is 2. The van der Waals surface area contributed by atoms with Crippen LogP contribution in [-0.4, -0.2) is 53.3 Å².